The van der Waals surface area contributed by atoms with Gasteiger partial charge in [0.15, 0.2) is 5.82 Å². The van der Waals surface area contributed by atoms with Gasteiger partial charge in [-0.1, -0.05) is 6.07 Å². The lowest BCUT2D eigenvalue weighted by atomic mass is 10.3. The molecule has 0 saturated carbocycles. The zero-order valence-electron chi connectivity index (χ0n) is 11.8. The van der Waals surface area contributed by atoms with Crippen LogP contribution in [0.2, 0.25) is 0 Å². The van der Waals surface area contributed by atoms with Crippen LogP contribution in [0.5, 0.6) is 0 Å². The largest absolute Gasteiger partial charge is 0.322 e. The second-order valence-corrected chi connectivity index (χ2v) is 4.67. The third kappa shape index (κ3) is 3.27. The van der Waals surface area contributed by atoms with Crippen molar-refractivity contribution in [2.24, 2.45) is 0 Å². The Morgan fingerprint density at radius 2 is 2.00 bits per heavy atom. The third-order valence-corrected chi connectivity index (χ3v) is 3.14. The van der Waals surface area contributed by atoms with Gasteiger partial charge in [0.1, 0.15) is 11.9 Å². The molecule has 0 atom stereocenters. The Hall–Kier alpha value is -3.20. The van der Waals surface area contributed by atoms with Gasteiger partial charge in [-0.2, -0.15) is 10.4 Å². The van der Waals surface area contributed by atoms with Crippen molar-refractivity contribution in [1.82, 2.24) is 19.7 Å². The summed E-state index contributed by atoms with van der Waals surface area (Å²) in [6, 6.07) is 13.3. The van der Waals surface area contributed by atoms with Crippen LogP contribution in [0.15, 0.2) is 55.0 Å². The molecule has 0 bridgehead atoms. The molecule has 0 saturated heterocycles. The summed E-state index contributed by atoms with van der Waals surface area (Å²) in [7, 11) is 0. The van der Waals surface area contributed by atoms with E-state index in [1.54, 1.807) is 24.5 Å². The van der Waals surface area contributed by atoms with Crippen LogP contribution in [0, 0.1) is 11.3 Å². The van der Waals surface area contributed by atoms with E-state index in [1.807, 2.05) is 35.1 Å². The smallest absolute Gasteiger partial charge is 0.153 e. The SMILES string of the molecule is N#Cc1cccnc1Nc1ccn(CCc2ccccn2)n1. The molecule has 3 heterocycles. The van der Waals surface area contributed by atoms with Crippen LogP contribution in [0.25, 0.3) is 0 Å². The number of aromatic nitrogens is 4. The molecule has 22 heavy (non-hydrogen) atoms. The first-order valence-electron chi connectivity index (χ1n) is 6.90. The molecular formula is C16H14N6. The first-order valence-corrected chi connectivity index (χ1v) is 6.90. The summed E-state index contributed by atoms with van der Waals surface area (Å²) in [5, 5.41) is 16.5. The van der Waals surface area contributed by atoms with E-state index in [0.717, 1.165) is 18.7 Å². The third-order valence-electron chi connectivity index (χ3n) is 3.14. The van der Waals surface area contributed by atoms with Gasteiger partial charge in [-0.25, -0.2) is 4.98 Å². The molecular weight excluding hydrogens is 276 g/mol. The molecule has 0 fully saturated rings. The van der Waals surface area contributed by atoms with Crippen LogP contribution >= 0.6 is 0 Å². The maximum atomic E-state index is 9.05. The molecule has 0 aliphatic carbocycles. The second-order valence-electron chi connectivity index (χ2n) is 4.67. The van der Waals surface area contributed by atoms with Crippen LogP contribution in [0.1, 0.15) is 11.3 Å². The van der Waals surface area contributed by atoms with Crippen LogP contribution in [0.3, 0.4) is 0 Å². The Kier molecular flexibility index (Phi) is 4.07. The predicted octanol–water partition coefficient (Wildman–Crippen LogP) is 2.53. The lowest BCUT2D eigenvalue weighted by Crippen LogP contribution is -2.04. The molecule has 0 aliphatic heterocycles. The summed E-state index contributed by atoms with van der Waals surface area (Å²) in [6.45, 7) is 0.742. The van der Waals surface area contributed by atoms with Crippen LogP contribution in [-0.2, 0) is 13.0 Å². The standard InChI is InChI=1S/C16H14N6/c17-12-13-4-3-9-19-16(13)20-15-7-11-22(21-15)10-6-14-5-1-2-8-18-14/h1-5,7-9,11H,6,10H2,(H,19,20,21). The average molecular weight is 290 g/mol. The van der Waals surface area contributed by atoms with Crippen molar-refractivity contribution >= 4 is 11.6 Å². The van der Waals surface area contributed by atoms with Crippen LogP contribution in [0.4, 0.5) is 11.6 Å². The summed E-state index contributed by atoms with van der Waals surface area (Å²) in [5.41, 5.74) is 1.52. The zero-order chi connectivity index (χ0) is 15.2. The first kappa shape index (κ1) is 13.8. The highest BCUT2D eigenvalue weighted by Crippen LogP contribution is 2.15. The van der Waals surface area contributed by atoms with Crippen molar-refractivity contribution in [2.75, 3.05) is 5.32 Å². The highest BCUT2D eigenvalue weighted by atomic mass is 15.3. The minimum Gasteiger partial charge on any atom is -0.322 e. The Labute approximate surface area is 128 Å². The zero-order valence-corrected chi connectivity index (χ0v) is 11.8. The molecule has 0 spiro atoms. The maximum Gasteiger partial charge on any atom is 0.153 e. The average Bonchev–Trinajstić information content (AvgIpc) is 3.02. The number of nitrogens with zero attached hydrogens (tertiary/aromatic N) is 5. The van der Waals surface area contributed by atoms with Gasteiger partial charge in [0.05, 0.1) is 5.56 Å². The van der Waals surface area contributed by atoms with Crippen molar-refractivity contribution in [3.05, 3.63) is 66.2 Å². The number of hydrogen-bond acceptors (Lipinski definition) is 5. The number of rotatable bonds is 5. The number of anilines is 2. The molecule has 0 radical (unpaired) electrons. The van der Waals surface area contributed by atoms with E-state index in [9.17, 15) is 0 Å². The van der Waals surface area contributed by atoms with Gasteiger partial charge in [-0.05, 0) is 24.3 Å². The number of hydrogen-bond donors (Lipinski definition) is 1. The monoisotopic (exact) mass is 290 g/mol. The Morgan fingerprint density at radius 3 is 2.82 bits per heavy atom. The number of nitrogens with one attached hydrogen (secondary N) is 1. The van der Waals surface area contributed by atoms with Crippen molar-refractivity contribution in [3.8, 4) is 6.07 Å². The molecule has 0 amide bonds. The topological polar surface area (TPSA) is 79.4 Å². The Bertz CT molecular complexity index is 788. The summed E-state index contributed by atoms with van der Waals surface area (Å²) in [6.07, 6.45) is 6.13. The highest BCUT2D eigenvalue weighted by molar-refractivity contribution is 5.59. The summed E-state index contributed by atoms with van der Waals surface area (Å²) in [5.74, 6) is 1.18. The molecule has 0 aromatic carbocycles. The molecule has 6 heteroatoms. The molecule has 108 valence electrons. The molecule has 6 nitrogen and oxygen atoms in total. The van der Waals surface area contributed by atoms with Crippen LogP contribution in [-0.4, -0.2) is 19.7 Å². The van der Waals surface area contributed by atoms with E-state index in [2.05, 4.69) is 26.5 Å². The van der Waals surface area contributed by atoms with Gasteiger partial charge in [0.2, 0.25) is 0 Å². The van der Waals surface area contributed by atoms with E-state index in [0.29, 0.717) is 17.2 Å². The van der Waals surface area contributed by atoms with Gasteiger partial charge in [-0.3, -0.25) is 9.67 Å². The predicted molar refractivity (Wildman–Crippen MR) is 82.4 cm³/mol. The fraction of sp³-hybridized carbons (Fsp3) is 0.125. The van der Waals surface area contributed by atoms with Crippen LogP contribution < -0.4 is 5.32 Å². The fourth-order valence-corrected chi connectivity index (χ4v) is 2.04. The molecule has 3 rings (SSSR count). The van der Waals surface area contributed by atoms with Gasteiger partial charge < -0.3 is 5.32 Å². The molecule has 1 N–H and O–H groups in total. The highest BCUT2D eigenvalue weighted by Gasteiger charge is 2.05. The molecule has 0 unspecified atom stereocenters. The summed E-state index contributed by atoms with van der Waals surface area (Å²) >= 11 is 0. The minimum atomic E-state index is 0.491. The van der Waals surface area contributed by atoms with Crippen molar-refractivity contribution < 1.29 is 0 Å². The van der Waals surface area contributed by atoms with Crippen molar-refractivity contribution in [2.45, 2.75) is 13.0 Å². The minimum absolute atomic E-state index is 0.491. The molecule has 3 aromatic heterocycles. The van der Waals surface area contributed by atoms with Crippen molar-refractivity contribution in [3.63, 3.8) is 0 Å². The fourth-order valence-electron chi connectivity index (χ4n) is 2.04. The van der Waals surface area contributed by atoms with Gasteiger partial charge in [0, 0.05) is 43.3 Å². The van der Waals surface area contributed by atoms with E-state index in [-0.39, 0.29) is 0 Å². The molecule has 3 aromatic rings. The van der Waals surface area contributed by atoms with E-state index in [4.69, 9.17) is 5.26 Å². The van der Waals surface area contributed by atoms with Gasteiger partial charge >= 0.3 is 0 Å². The summed E-state index contributed by atoms with van der Waals surface area (Å²) < 4.78 is 1.84. The number of nitriles is 1. The lowest BCUT2D eigenvalue weighted by Gasteiger charge is -2.04. The van der Waals surface area contributed by atoms with E-state index in [1.165, 1.54) is 0 Å². The number of aryl methyl sites for hydroxylation is 2. The Balaban J connectivity index is 1.65. The summed E-state index contributed by atoms with van der Waals surface area (Å²) in [4.78, 5) is 8.44. The van der Waals surface area contributed by atoms with E-state index >= 15 is 0 Å². The van der Waals surface area contributed by atoms with Gasteiger partial charge in [0.25, 0.3) is 0 Å². The van der Waals surface area contributed by atoms with Gasteiger partial charge in [-0.15, -0.1) is 0 Å². The number of pyridine rings is 2. The lowest BCUT2D eigenvalue weighted by molar-refractivity contribution is 0.610. The first-order chi connectivity index (χ1) is 10.8. The normalized spacial score (nSPS) is 10.1. The quantitative estimate of drug-likeness (QED) is 0.781. The van der Waals surface area contributed by atoms with Crippen molar-refractivity contribution in [1.29, 1.82) is 5.26 Å². The Morgan fingerprint density at radius 1 is 1.09 bits per heavy atom. The molecule has 0 aliphatic rings. The second kappa shape index (κ2) is 6.50. The maximum absolute atomic E-state index is 9.05. The van der Waals surface area contributed by atoms with E-state index < -0.39 is 0 Å².